The van der Waals surface area contributed by atoms with E-state index in [1.54, 1.807) is 19.1 Å². The monoisotopic (exact) mass is 298 g/mol. The van der Waals surface area contributed by atoms with Crippen molar-refractivity contribution >= 4 is 28.4 Å². The van der Waals surface area contributed by atoms with Gasteiger partial charge in [-0.2, -0.15) is 0 Å². The topological polar surface area (TPSA) is 93.6 Å². The summed E-state index contributed by atoms with van der Waals surface area (Å²) >= 11 is 0. The minimum absolute atomic E-state index is 0.0175. The first kappa shape index (κ1) is 14.2. The highest BCUT2D eigenvalue weighted by Crippen LogP contribution is 2.31. The van der Waals surface area contributed by atoms with Crippen molar-refractivity contribution in [2.75, 3.05) is 0 Å². The van der Waals surface area contributed by atoms with Gasteiger partial charge in [0.1, 0.15) is 5.58 Å². The fourth-order valence-corrected chi connectivity index (χ4v) is 2.88. The van der Waals surface area contributed by atoms with E-state index in [1.165, 1.54) is 6.92 Å². The smallest absolute Gasteiger partial charge is 0.344 e. The molecule has 1 aromatic carbocycles. The molecule has 2 amide bonds. The molecule has 0 radical (unpaired) electrons. The molecule has 0 aliphatic carbocycles. The number of benzene rings is 1. The molecule has 1 aromatic heterocycles. The van der Waals surface area contributed by atoms with Crippen LogP contribution in [0.2, 0.25) is 0 Å². The Morgan fingerprint density at radius 2 is 1.73 bits per heavy atom. The molecule has 0 saturated carbocycles. The van der Waals surface area contributed by atoms with Crippen molar-refractivity contribution in [1.82, 2.24) is 5.01 Å². The molecule has 0 bridgehead atoms. The van der Waals surface area contributed by atoms with E-state index in [4.69, 9.17) is 10.3 Å². The lowest BCUT2D eigenvalue weighted by molar-refractivity contribution is -0.137. The highest BCUT2D eigenvalue weighted by Gasteiger charge is 2.37. The summed E-state index contributed by atoms with van der Waals surface area (Å²) in [5.74, 6) is 4.15. The second kappa shape index (κ2) is 4.64. The highest BCUT2D eigenvalue weighted by molar-refractivity contribution is 6.35. The Morgan fingerprint density at radius 1 is 1.05 bits per heavy atom. The van der Waals surface area contributed by atoms with Gasteiger partial charge in [0, 0.05) is 11.0 Å². The minimum atomic E-state index is -0.689. The number of nitrogens with two attached hydrogens (primary N) is 1. The number of carbonyl (C=O) groups excluding carboxylic acids is 2. The van der Waals surface area contributed by atoms with E-state index >= 15 is 0 Å². The first-order chi connectivity index (χ1) is 10.3. The molecule has 6 heteroatoms. The van der Waals surface area contributed by atoms with Crippen LogP contribution in [0.5, 0.6) is 0 Å². The summed E-state index contributed by atoms with van der Waals surface area (Å²) in [6, 6.07) is 5.37. The standard InChI is InChI=1S/C16H14N2O4/c1-7-5-4-6-10-11(7)8(2)13(16(21)22-10)12-9(3)14(19)18(17)15(12)20/h4-6H,17H2,1-3H3. The molecule has 22 heavy (non-hydrogen) atoms. The number of hydrogen-bond donors (Lipinski definition) is 1. The Kier molecular flexibility index (Phi) is 3.00. The van der Waals surface area contributed by atoms with Crippen LogP contribution in [0.3, 0.4) is 0 Å². The van der Waals surface area contributed by atoms with Crippen LogP contribution in [0.15, 0.2) is 33.0 Å². The van der Waals surface area contributed by atoms with Crippen molar-refractivity contribution < 1.29 is 14.0 Å². The molecule has 0 atom stereocenters. The van der Waals surface area contributed by atoms with Gasteiger partial charge in [0.15, 0.2) is 0 Å². The summed E-state index contributed by atoms with van der Waals surface area (Å²) in [6.07, 6.45) is 0. The molecule has 3 rings (SSSR count). The van der Waals surface area contributed by atoms with Crippen molar-refractivity contribution in [1.29, 1.82) is 0 Å². The molecule has 0 spiro atoms. The molecule has 6 nitrogen and oxygen atoms in total. The number of aryl methyl sites for hydroxylation is 2. The maximum atomic E-state index is 12.3. The van der Waals surface area contributed by atoms with E-state index in [2.05, 4.69) is 0 Å². The van der Waals surface area contributed by atoms with Gasteiger partial charge in [0.25, 0.3) is 11.8 Å². The fourth-order valence-electron chi connectivity index (χ4n) is 2.88. The molecule has 0 fully saturated rings. The van der Waals surface area contributed by atoms with E-state index in [0.29, 0.717) is 16.2 Å². The predicted octanol–water partition coefficient (Wildman–Crippen LogP) is 1.43. The van der Waals surface area contributed by atoms with Crippen LogP contribution in [-0.2, 0) is 9.59 Å². The third-order valence-corrected chi connectivity index (χ3v) is 3.99. The maximum absolute atomic E-state index is 12.3. The van der Waals surface area contributed by atoms with E-state index in [9.17, 15) is 14.4 Å². The molecule has 1 aliphatic heterocycles. The second-order valence-corrected chi connectivity index (χ2v) is 5.32. The van der Waals surface area contributed by atoms with Crippen molar-refractivity contribution in [3.05, 3.63) is 50.9 Å². The number of hydrazine groups is 1. The van der Waals surface area contributed by atoms with E-state index in [1.807, 2.05) is 13.0 Å². The van der Waals surface area contributed by atoms with Gasteiger partial charge in [-0.3, -0.25) is 9.59 Å². The molecule has 1 aliphatic rings. The van der Waals surface area contributed by atoms with Crippen LogP contribution in [0, 0.1) is 13.8 Å². The summed E-state index contributed by atoms with van der Waals surface area (Å²) in [6.45, 7) is 5.10. The Balaban J connectivity index is 2.43. The average Bonchev–Trinajstić information content (AvgIpc) is 2.64. The minimum Gasteiger partial charge on any atom is -0.422 e. The zero-order chi connectivity index (χ0) is 16.2. The number of amides is 2. The van der Waals surface area contributed by atoms with E-state index in [0.717, 1.165) is 10.9 Å². The summed E-state index contributed by atoms with van der Waals surface area (Å²) in [7, 11) is 0. The van der Waals surface area contributed by atoms with Gasteiger partial charge in [-0.25, -0.2) is 15.6 Å². The number of rotatable bonds is 1. The SMILES string of the molecule is CC1=C(c2c(C)c3c(C)cccc3oc2=O)C(=O)N(N)C1=O. The molecule has 2 heterocycles. The lowest BCUT2D eigenvalue weighted by Gasteiger charge is -2.11. The van der Waals surface area contributed by atoms with Gasteiger partial charge >= 0.3 is 5.63 Å². The zero-order valence-corrected chi connectivity index (χ0v) is 12.4. The largest absolute Gasteiger partial charge is 0.422 e. The third kappa shape index (κ3) is 1.74. The number of hydrogen-bond acceptors (Lipinski definition) is 5. The quantitative estimate of drug-likeness (QED) is 0.372. The van der Waals surface area contributed by atoms with E-state index < -0.39 is 17.4 Å². The Morgan fingerprint density at radius 3 is 2.32 bits per heavy atom. The summed E-state index contributed by atoms with van der Waals surface area (Å²) in [5.41, 5.74) is 1.59. The lowest BCUT2D eigenvalue weighted by atomic mass is 9.95. The first-order valence-corrected chi connectivity index (χ1v) is 6.72. The molecule has 112 valence electrons. The van der Waals surface area contributed by atoms with Gasteiger partial charge in [-0.05, 0) is 38.0 Å². The molecule has 0 unspecified atom stereocenters. The van der Waals surface area contributed by atoms with Gasteiger partial charge < -0.3 is 4.42 Å². The summed E-state index contributed by atoms with van der Waals surface area (Å²) in [4.78, 5) is 36.4. The van der Waals surface area contributed by atoms with Gasteiger partial charge in [-0.1, -0.05) is 12.1 Å². The van der Waals surface area contributed by atoms with Gasteiger partial charge in [0.2, 0.25) is 0 Å². The number of imide groups is 1. The van der Waals surface area contributed by atoms with Crippen LogP contribution >= 0.6 is 0 Å². The Labute approximate surface area is 125 Å². The summed E-state index contributed by atoms with van der Waals surface area (Å²) < 4.78 is 5.32. The Hall–Kier alpha value is -2.73. The van der Waals surface area contributed by atoms with Crippen LogP contribution in [0.25, 0.3) is 16.5 Å². The molecule has 0 saturated heterocycles. The van der Waals surface area contributed by atoms with Crippen LogP contribution in [0.4, 0.5) is 0 Å². The third-order valence-electron chi connectivity index (χ3n) is 3.99. The first-order valence-electron chi connectivity index (χ1n) is 6.72. The predicted molar refractivity (Wildman–Crippen MR) is 80.6 cm³/mol. The van der Waals surface area contributed by atoms with E-state index in [-0.39, 0.29) is 16.7 Å². The number of fused-ring (bicyclic) bond motifs is 1. The van der Waals surface area contributed by atoms with Crippen LogP contribution in [-0.4, -0.2) is 16.8 Å². The van der Waals surface area contributed by atoms with Crippen molar-refractivity contribution in [2.24, 2.45) is 5.84 Å². The second-order valence-electron chi connectivity index (χ2n) is 5.32. The molecule has 2 aromatic rings. The van der Waals surface area contributed by atoms with Crippen molar-refractivity contribution in [3.8, 4) is 0 Å². The number of nitrogens with zero attached hydrogens (tertiary/aromatic N) is 1. The normalized spacial score (nSPS) is 15.4. The molecular formula is C16H14N2O4. The Bertz CT molecular complexity index is 937. The summed E-state index contributed by atoms with van der Waals surface area (Å²) in [5, 5.41) is 1.28. The van der Waals surface area contributed by atoms with Crippen molar-refractivity contribution in [2.45, 2.75) is 20.8 Å². The van der Waals surface area contributed by atoms with Gasteiger partial charge in [-0.15, -0.1) is 0 Å². The van der Waals surface area contributed by atoms with Crippen molar-refractivity contribution in [3.63, 3.8) is 0 Å². The number of carbonyl (C=O) groups is 2. The molecule has 2 N–H and O–H groups in total. The zero-order valence-electron chi connectivity index (χ0n) is 12.4. The van der Waals surface area contributed by atoms with Gasteiger partial charge in [0.05, 0.1) is 11.1 Å². The highest BCUT2D eigenvalue weighted by atomic mass is 16.4. The fraction of sp³-hybridized carbons (Fsp3) is 0.188. The van der Waals surface area contributed by atoms with Crippen LogP contribution in [0.1, 0.15) is 23.6 Å². The maximum Gasteiger partial charge on any atom is 0.344 e. The lowest BCUT2D eigenvalue weighted by Crippen LogP contribution is -2.38. The molecular weight excluding hydrogens is 284 g/mol. The van der Waals surface area contributed by atoms with Crippen LogP contribution < -0.4 is 11.5 Å². The average molecular weight is 298 g/mol.